The van der Waals surface area contributed by atoms with Crippen LogP contribution in [0.5, 0.6) is 0 Å². The summed E-state index contributed by atoms with van der Waals surface area (Å²) in [4.78, 5) is 0. The lowest BCUT2D eigenvalue weighted by Crippen LogP contribution is -1.88. The quantitative estimate of drug-likeness (QED) is 0.731. The van der Waals surface area contributed by atoms with Crippen molar-refractivity contribution in [1.82, 2.24) is 0 Å². The maximum Gasteiger partial charge on any atom is 0.0916 e. The lowest BCUT2D eigenvalue weighted by atomic mass is 9.99. The van der Waals surface area contributed by atoms with Gasteiger partial charge in [-0.2, -0.15) is 0 Å². The van der Waals surface area contributed by atoms with Gasteiger partial charge in [-0.05, 0) is 17.9 Å². The molecule has 0 spiro atoms. The minimum Gasteiger partial charge on any atom is -0.748 e. The van der Waals surface area contributed by atoms with Gasteiger partial charge in [0.05, 0.1) is 10.1 Å². The van der Waals surface area contributed by atoms with Gasteiger partial charge < -0.3 is 4.55 Å². The highest BCUT2D eigenvalue weighted by atomic mass is 32.2. The molecular weight excluding hydrogens is 212 g/mol. The minimum atomic E-state index is -3.92. The first-order valence-corrected chi connectivity index (χ1v) is 6.62. The Kier molecular flexibility index (Phi) is 6.20. The van der Waals surface area contributed by atoms with Crippen LogP contribution >= 0.6 is 0 Å². The van der Waals surface area contributed by atoms with E-state index in [9.17, 15) is 0 Å². The third-order valence-electron chi connectivity index (χ3n) is 1.98. The van der Waals surface area contributed by atoms with Crippen molar-refractivity contribution < 1.29 is 13.0 Å². The van der Waals surface area contributed by atoms with Crippen LogP contribution in [-0.2, 0) is 10.1 Å². The van der Waals surface area contributed by atoms with Gasteiger partial charge in [0.25, 0.3) is 0 Å². The van der Waals surface area contributed by atoms with Crippen molar-refractivity contribution in [2.24, 2.45) is 0 Å². The predicted molar refractivity (Wildman–Crippen MR) is 60.8 cm³/mol. The number of hydrogen-bond donors (Lipinski definition) is 0. The third kappa shape index (κ3) is 9.43. The minimum absolute atomic E-state index is 0.604. The highest BCUT2D eigenvalue weighted by Crippen LogP contribution is 2.16. The molecule has 4 heteroatoms. The van der Waals surface area contributed by atoms with Gasteiger partial charge in [-0.25, -0.2) is 8.42 Å². The first-order valence-electron chi connectivity index (χ1n) is 4.80. The zero-order valence-electron chi connectivity index (χ0n) is 9.30. The number of hydrogen-bond acceptors (Lipinski definition) is 3. The van der Waals surface area contributed by atoms with Gasteiger partial charge in [0, 0.05) is 6.26 Å². The van der Waals surface area contributed by atoms with Crippen LogP contribution in [0.4, 0.5) is 0 Å². The molecule has 86 valence electrons. The normalized spacial score (nSPS) is 12.5. The Labute approximate surface area is 91.9 Å². The van der Waals surface area contributed by atoms with Crippen LogP contribution in [0.3, 0.4) is 0 Å². The molecule has 0 radical (unpaired) electrons. The van der Waals surface area contributed by atoms with Crippen LogP contribution in [0.15, 0.2) is 30.3 Å². The Morgan fingerprint density at radius 3 is 2.00 bits per heavy atom. The molecule has 0 N–H and O–H groups in total. The molecule has 0 heterocycles. The third-order valence-corrected chi connectivity index (χ3v) is 1.98. The van der Waals surface area contributed by atoms with Crippen molar-refractivity contribution in [2.45, 2.75) is 26.2 Å². The summed E-state index contributed by atoms with van der Waals surface area (Å²) in [6.07, 6.45) is 1.83. The number of benzene rings is 1. The average molecular weight is 229 g/mol. The summed E-state index contributed by atoms with van der Waals surface area (Å²) in [6.45, 7) is 4.48. The smallest absolute Gasteiger partial charge is 0.0916 e. The first kappa shape index (κ1) is 14.1. The Bertz CT molecular complexity index is 349. The fraction of sp³-hybridized carbons (Fsp3) is 0.455. The van der Waals surface area contributed by atoms with Gasteiger partial charge >= 0.3 is 0 Å². The molecular formula is C11H17O3S-. The second-order valence-corrected chi connectivity index (χ2v) is 4.83. The van der Waals surface area contributed by atoms with Crippen molar-refractivity contribution in [1.29, 1.82) is 0 Å². The lowest BCUT2D eigenvalue weighted by Gasteiger charge is -2.06. The van der Waals surface area contributed by atoms with Crippen molar-refractivity contribution in [3.8, 4) is 0 Å². The zero-order chi connectivity index (χ0) is 11.9. The van der Waals surface area contributed by atoms with E-state index in [1.807, 2.05) is 0 Å². The topological polar surface area (TPSA) is 57.2 Å². The summed E-state index contributed by atoms with van der Waals surface area (Å²) in [5, 5.41) is 0. The van der Waals surface area contributed by atoms with Crippen molar-refractivity contribution in [3.05, 3.63) is 35.9 Å². The Morgan fingerprint density at radius 1 is 1.27 bits per heavy atom. The Hall–Kier alpha value is -0.870. The molecule has 15 heavy (non-hydrogen) atoms. The van der Waals surface area contributed by atoms with Crippen LogP contribution in [0.2, 0.25) is 0 Å². The van der Waals surface area contributed by atoms with Gasteiger partial charge in [0.15, 0.2) is 0 Å². The Balaban J connectivity index is 0.000000336. The zero-order valence-corrected chi connectivity index (χ0v) is 10.1. The van der Waals surface area contributed by atoms with E-state index < -0.39 is 10.1 Å². The van der Waals surface area contributed by atoms with Gasteiger partial charge in [0.1, 0.15) is 0 Å². The Morgan fingerprint density at radius 2 is 1.67 bits per heavy atom. The van der Waals surface area contributed by atoms with Crippen molar-refractivity contribution in [2.75, 3.05) is 6.26 Å². The van der Waals surface area contributed by atoms with Crippen LogP contribution in [0.1, 0.15) is 31.7 Å². The standard InChI is InChI=1S/C10H14.CH4O3S/c1-3-9(2)10-7-5-4-6-8-10;1-5(2,3)4/h4-9H,3H2,1-2H3;1H3,(H,2,3,4)/p-1. The van der Waals surface area contributed by atoms with E-state index >= 15 is 0 Å². The second-order valence-electron chi connectivity index (χ2n) is 3.42. The van der Waals surface area contributed by atoms with Crippen LogP contribution in [0, 0.1) is 0 Å². The highest BCUT2D eigenvalue weighted by Gasteiger charge is 1.98. The van der Waals surface area contributed by atoms with Gasteiger partial charge in [-0.1, -0.05) is 44.2 Å². The first-order chi connectivity index (χ1) is 6.84. The lowest BCUT2D eigenvalue weighted by molar-refractivity contribution is 0.470. The molecule has 1 atom stereocenters. The van der Waals surface area contributed by atoms with E-state index in [2.05, 4.69) is 44.2 Å². The monoisotopic (exact) mass is 229 g/mol. The summed E-state index contributed by atoms with van der Waals surface area (Å²) in [5.74, 6) is 0.709. The summed E-state index contributed by atoms with van der Waals surface area (Å²) in [6, 6.07) is 10.6. The summed E-state index contributed by atoms with van der Waals surface area (Å²) >= 11 is 0. The highest BCUT2D eigenvalue weighted by molar-refractivity contribution is 7.84. The maximum atomic E-state index is 9.08. The van der Waals surface area contributed by atoms with E-state index in [4.69, 9.17) is 13.0 Å². The average Bonchev–Trinajstić information content (AvgIpc) is 2.15. The van der Waals surface area contributed by atoms with E-state index in [1.165, 1.54) is 12.0 Å². The van der Waals surface area contributed by atoms with Crippen LogP contribution in [0.25, 0.3) is 0 Å². The van der Waals surface area contributed by atoms with Gasteiger partial charge in [-0.15, -0.1) is 0 Å². The molecule has 0 aliphatic rings. The molecule has 1 aromatic rings. The molecule has 0 amide bonds. The molecule has 0 fully saturated rings. The predicted octanol–water partition coefficient (Wildman–Crippen LogP) is 2.36. The van der Waals surface area contributed by atoms with Crippen LogP contribution < -0.4 is 0 Å². The molecule has 0 saturated heterocycles. The molecule has 1 unspecified atom stereocenters. The fourth-order valence-electron chi connectivity index (χ4n) is 1.02. The molecule has 1 rings (SSSR count). The summed E-state index contributed by atoms with van der Waals surface area (Å²) in [7, 11) is -3.92. The van der Waals surface area contributed by atoms with Crippen LogP contribution in [-0.4, -0.2) is 19.2 Å². The molecule has 3 nitrogen and oxygen atoms in total. The molecule has 0 saturated carbocycles. The molecule has 0 aliphatic heterocycles. The van der Waals surface area contributed by atoms with Gasteiger partial charge in [0.2, 0.25) is 0 Å². The SMILES string of the molecule is CCC(C)c1ccccc1.CS(=O)(=O)[O-]. The van der Waals surface area contributed by atoms with E-state index in [-0.39, 0.29) is 0 Å². The molecule has 0 aromatic heterocycles. The van der Waals surface area contributed by atoms with Crippen molar-refractivity contribution in [3.63, 3.8) is 0 Å². The van der Waals surface area contributed by atoms with E-state index in [0.717, 1.165) is 0 Å². The summed E-state index contributed by atoms with van der Waals surface area (Å²) in [5.41, 5.74) is 1.45. The van der Waals surface area contributed by atoms with E-state index in [0.29, 0.717) is 12.2 Å². The second kappa shape index (κ2) is 6.58. The number of rotatable bonds is 2. The fourth-order valence-corrected chi connectivity index (χ4v) is 1.02. The van der Waals surface area contributed by atoms with Gasteiger partial charge in [-0.3, -0.25) is 0 Å². The summed E-state index contributed by atoms with van der Waals surface area (Å²) < 4.78 is 27.2. The molecule has 0 bridgehead atoms. The van der Waals surface area contributed by atoms with Crippen molar-refractivity contribution >= 4 is 10.1 Å². The van der Waals surface area contributed by atoms with E-state index in [1.54, 1.807) is 0 Å². The molecule has 0 aliphatic carbocycles. The molecule has 1 aromatic carbocycles. The maximum absolute atomic E-state index is 9.08. The largest absolute Gasteiger partial charge is 0.748 e.